The zero-order valence-corrected chi connectivity index (χ0v) is 15.1. The smallest absolute Gasteiger partial charge is 0.128 e. The Labute approximate surface area is 144 Å². The Morgan fingerprint density at radius 3 is 2.42 bits per heavy atom. The minimum Gasteiger partial charge on any atom is -0.378 e. The molecule has 128 valence electrons. The number of nitrogens with one attached hydrogen (secondary N) is 1. The van der Waals surface area contributed by atoms with Gasteiger partial charge in [-0.15, -0.1) is 0 Å². The molecule has 1 aromatic heterocycles. The summed E-state index contributed by atoms with van der Waals surface area (Å²) in [6.07, 6.45) is 1.93. The van der Waals surface area contributed by atoms with Crippen molar-refractivity contribution in [1.82, 2.24) is 4.98 Å². The third-order valence-electron chi connectivity index (χ3n) is 4.81. The molecule has 1 unspecified atom stereocenters. The van der Waals surface area contributed by atoms with Crippen LogP contribution in [0.5, 0.6) is 0 Å². The highest BCUT2D eigenvalue weighted by Crippen LogP contribution is 2.25. The van der Waals surface area contributed by atoms with E-state index in [-0.39, 0.29) is 6.04 Å². The van der Waals surface area contributed by atoms with E-state index in [1.54, 1.807) is 0 Å². The maximum absolute atomic E-state index is 5.39. The number of hydrogen-bond acceptors (Lipinski definition) is 4. The van der Waals surface area contributed by atoms with Crippen LogP contribution in [-0.4, -0.2) is 31.3 Å². The van der Waals surface area contributed by atoms with Crippen LogP contribution < -0.4 is 10.2 Å². The lowest BCUT2D eigenvalue weighted by molar-refractivity contribution is 0.122. The van der Waals surface area contributed by atoms with Crippen LogP contribution in [0.25, 0.3) is 0 Å². The molecule has 0 amide bonds. The molecule has 3 rings (SSSR count). The number of anilines is 2. The molecule has 0 saturated carbocycles. The Morgan fingerprint density at radius 2 is 1.75 bits per heavy atom. The first-order valence-electron chi connectivity index (χ1n) is 8.67. The highest BCUT2D eigenvalue weighted by molar-refractivity contribution is 5.51. The summed E-state index contributed by atoms with van der Waals surface area (Å²) >= 11 is 0. The first-order chi connectivity index (χ1) is 11.5. The van der Waals surface area contributed by atoms with E-state index in [9.17, 15) is 0 Å². The number of morpholine rings is 1. The molecule has 24 heavy (non-hydrogen) atoms. The summed E-state index contributed by atoms with van der Waals surface area (Å²) in [7, 11) is 0. The van der Waals surface area contributed by atoms with Crippen LogP contribution in [-0.2, 0) is 4.74 Å². The number of nitrogens with zero attached hydrogens (tertiary/aromatic N) is 2. The third-order valence-corrected chi connectivity index (χ3v) is 4.81. The van der Waals surface area contributed by atoms with E-state index in [0.717, 1.165) is 37.8 Å². The van der Waals surface area contributed by atoms with Crippen molar-refractivity contribution in [2.24, 2.45) is 0 Å². The molecule has 1 aliphatic rings. The van der Waals surface area contributed by atoms with Crippen molar-refractivity contribution in [3.63, 3.8) is 0 Å². The van der Waals surface area contributed by atoms with Crippen LogP contribution in [0.3, 0.4) is 0 Å². The van der Waals surface area contributed by atoms with Gasteiger partial charge in [-0.3, -0.25) is 0 Å². The van der Waals surface area contributed by atoms with E-state index < -0.39 is 0 Å². The topological polar surface area (TPSA) is 37.4 Å². The van der Waals surface area contributed by atoms with Crippen LogP contribution in [0.15, 0.2) is 30.5 Å². The maximum atomic E-state index is 5.39. The van der Waals surface area contributed by atoms with Crippen molar-refractivity contribution < 1.29 is 4.74 Å². The fraction of sp³-hybridized carbons (Fsp3) is 0.450. The standard InChI is InChI=1S/C20H27N3O/c1-14-11-16(3)19(12-15(14)2)17(4)22-18-5-6-20(21-13-18)23-7-9-24-10-8-23/h5-6,11-13,17,22H,7-10H2,1-4H3. The molecule has 1 fully saturated rings. The number of ether oxygens (including phenoxy) is 1. The molecular weight excluding hydrogens is 298 g/mol. The third kappa shape index (κ3) is 3.70. The van der Waals surface area contributed by atoms with Gasteiger partial charge in [-0.25, -0.2) is 4.98 Å². The number of rotatable bonds is 4. The lowest BCUT2D eigenvalue weighted by Crippen LogP contribution is -2.36. The molecule has 2 heterocycles. The lowest BCUT2D eigenvalue weighted by Gasteiger charge is -2.28. The van der Waals surface area contributed by atoms with E-state index in [1.807, 2.05) is 6.20 Å². The Balaban J connectivity index is 1.70. The van der Waals surface area contributed by atoms with Gasteiger partial charge in [-0.05, 0) is 62.1 Å². The second kappa shape index (κ2) is 7.22. The monoisotopic (exact) mass is 325 g/mol. The Kier molecular flexibility index (Phi) is 5.05. The van der Waals surface area contributed by atoms with E-state index in [0.29, 0.717) is 0 Å². The summed E-state index contributed by atoms with van der Waals surface area (Å²) < 4.78 is 5.39. The molecular formula is C20H27N3O. The molecule has 4 nitrogen and oxygen atoms in total. The number of aryl methyl sites for hydroxylation is 3. The lowest BCUT2D eigenvalue weighted by atomic mass is 9.96. The van der Waals surface area contributed by atoms with Gasteiger partial charge in [-0.1, -0.05) is 12.1 Å². The summed E-state index contributed by atoms with van der Waals surface area (Å²) in [4.78, 5) is 6.88. The molecule has 0 spiro atoms. The molecule has 0 radical (unpaired) electrons. The van der Waals surface area contributed by atoms with Gasteiger partial charge >= 0.3 is 0 Å². The van der Waals surface area contributed by atoms with Gasteiger partial charge in [-0.2, -0.15) is 0 Å². The number of hydrogen-bond donors (Lipinski definition) is 1. The number of aromatic nitrogens is 1. The number of pyridine rings is 1. The van der Waals surface area contributed by atoms with Gasteiger partial charge in [0.25, 0.3) is 0 Å². The van der Waals surface area contributed by atoms with Crippen molar-refractivity contribution in [3.05, 3.63) is 52.7 Å². The molecule has 1 aromatic carbocycles. The Morgan fingerprint density at radius 1 is 1.04 bits per heavy atom. The molecule has 1 aliphatic heterocycles. The predicted octanol–water partition coefficient (Wildman–Crippen LogP) is 4.02. The maximum Gasteiger partial charge on any atom is 0.128 e. The van der Waals surface area contributed by atoms with Gasteiger partial charge in [0.15, 0.2) is 0 Å². The molecule has 0 bridgehead atoms. The quantitative estimate of drug-likeness (QED) is 0.921. The summed E-state index contributed by atoms with van der Waals surface area (Å²) in [5.41, 5.74) is 6.41. The molecule has 4 heteroatoms. The fourth-order valence-corrected chi connectivity index (χ4v) is 3.23. The average molecular weight is 325 g/mol. The minimum absolute atomic E-state index is 0.250. The van der Waals surface area contributed by atoms with Gasteiger partial charge in [0, 0.05) is 19.1 Å². The predicted molar refractivity (Wildman–Crippen MR) is 100.0 cm³/mol. The van der Waals surface area contributed by atoms with Crippen molar-refractivity contribution in [2.75, 3.05) is 36.5 Å². The summed E-state index contributed by atoms with van der Waals surface area (Å²) in [5.74, 6) is 1.03. The summed E-state index contributed by atoms with van der Waals surface area (Å²) in [6.45, 7) is 12.1. The zero-order chi connectivity index (χ0) is 17.1. The fourth-order valence-electron chi connectivity index (χ4n) is 3.23. The second-order valence-corrected chi connectivity index (χ2v) is 6.66. The van der Waals surface area contributed by atoms with Gasteiger partial charge in [0.1, 0.15) is 5.82 Å². The first-order valence-corrected chi connectivity index (χ1v) is 8.67. The van der Waals surface area contributed by atoms with E-state index in [2.05, 4.69) is 67.2 Å². The van der Waals surface area contributed by atoms with Crippen molar-refractivity contribution in [3.8, 4) is 0 Å². The van der Waals surface area contributed by atoms with Gasteiger partial charge < -0.3 is 15.0 Å². The van der Waals surface area contributed by atoms with Crippen LogP contribution >= 0.6 is 0 Å². The number of benzene rings is 1. The van der Waals surface area contributed by atoms with E-state index in [4.69, 9.17) is 4.74 Å². The molecule has 0 aliphatic carbocycles. The molecule has 1 atom stereocenters. The molecule has 1 saturated heterocycles. The van der Waals surface area contributed by atoms with Gasteiger partial charge in [0.2, 0.25) is 0 Å². The van der Waals surface area contributed by atoms with E-state index >= 15 is 0 Å². The van der Waals surface area contributed by atoms with Crippen LogP contribution in [0.2, 0.25) is 0 Å². The highest BCUT2D eigenvalue weighted by Gasteiger charge is 2.13. The Bertz CT molecular complexity index is 691. The van der Waals surface area contributed by atoms with Crippen molar-refractivity contribution in [2.45, 2.75) is 33.7 Å². The van der Waals surface area contributed by atoms with Gasteiger partial charge in [0.05, 0.1) is 25.1 Å². The van der Waals surface area contributed by atoms with Crippen LogP contribution in [0.4, 0.5) is 11.5 Å². The van der Waals surface area contributed by atoms with Crippen LogP contribution in [0.1, 0.15) is 35.2 Å². The SMILES string of the molecule is Cc1cc(C)c(C(C)Nc2ccc(N3CCOCC3)nc2)cc1C. The molecule has 1 N–H and O–H groups in total. The normalized spacial score (nSPS) is 16.1. The first kappa shape index (κ1) is 16.8. The Hall–Kier alpha value is -2.07. The average Bonchev–Trinajstić information content (AvgIpc) is 2.59. The second-order valence-electron chi connectivity index (χ2n) is 6.66. The van der Waals surface area contributed by atoms with Crippen molar-refractivity contribution >= 4 is 11.5 Å². The minimum atomic E-state index is 0.250. The van der Waals surface area contributed by atoms with Crippen LogP contribution in [0, 0.1) is 20.8 Å². The zero-order valence-electron chi connectivity index (χ0n) is 15.1. The van der Waals surface area contributed by atoms with Crippen molar-refractivity contribution in [1.29, 1.82) is 0 Å². The summed E-state index contributed by atoms with van der Waals surface area (Å²) in [6, 6.07) is 9.01. The molecule has 2 aromatic rings. The van der Waals surface area contributed by atoms with E-state index in [1.165, 1.54) is 22.3 Å². The summed E-state index contributed by atoms with van der Waals surface area (Å²) in [5, 5.41) is 3.57. The highest BCUT2D eigenvalue weighted by atomic mass is 16.5. The largest absolute Gasteiger partial charge is 0.378 e.